The number of aliphatic hydroxyl groups excluding tert-OH is 2. The van der Waals surface area contributed by atoms with Crippen molar-refractivity contribution < 1.29 is 38.1 Å². The molecular formula is C22H27N6O8PS. The van der Waals surface area contributed by atoms with Crippen molar-refractivity contribution in [3.05, 3.63) is 48.4 Å². The summed E-state index contributed by atoms with van der Waals surface area (Å²) in [6.45, 7) is 0.930. The number of fused-ring (bicyclic) bond motifs is 1. The molecule has 204 valence electrons. The van der Waals surface area contributed by atoms with Gasteiger partial charge in [-0.25, -0.2) is 14.5 Å². The number of rotatable bonds is 10. The van der Waals surface area contributed by atoms with Crippen LogP contribution in [0.25, 0.3) is 11.0 Å². The molecule has 1 aliphatic rings. The highest BCUT2D eigenvalue weighted by molar-refractivity contribution is 7.80. The summed E-state index contributed by atoms with van der Waals surface area (Å²) in [7, 11) is -3.03. The fourth-order valence-electron chi connectivity index (χ4n) is 3.93. The molecule has 1 aromatic carbocycles. The van der Waals surface area contributed by atoms with Crippen LogP contribution in [0, 0.1) is 0 Å². The third-order valence-corrected chi connectivity index (χ3v) is 7.66. The van der Waals surface area contributed by atoms with Crippen LogP contribution in [-0.4, -0.2) is 73.8 Å². The van der Waals surface area contributed by atoms with E-state index in [1.165, 1.54) is 31.1 Å². The predicted octanol–water partition coefficient (Wildman–Crippen LogP) is 0.622. The van der Waals surface area contributed by atoms with Crippen LogP contribution < -0.4 is 21.1 Å². The molecule has 7 N–H and O–H groups in total. The molecule has 1 saturated heterocycles. The minimum absolute atomic E-state index is 0.0213. The number of carbonyl (C=O) groups excluding carboxylic acids is 1. The van der Waals surface area contributed by atoms with Crippen LogP contribution in [0.1, 0.15) is 18.7 Å². The molecule has 0 amide bonds. The Labute approximate surface area is 222 Å². The number of hydrogen-bond acceptors (Lipinski definition) is 12. The molecule has 0 spiro atoms. The molecule has 14 nitrogen and oxygen atoms in total. The largest absolute Gasteiger partial charge is 0.468 e. The SMILES string of the molecule is COC(=O)[C@H](C)NP(=O)(OC[C@H]1O[C@@H](n2cc(C(N)=S)c3c(N)ncnc32)[C@H](O)[C@@H]1O)Oc1ccccc1. The molecule has 2 aromatic heterocycles. The van der Waals surface area contributed by atoms with Gasteiger partial charge in [0.05, 0.1) is 19.1 Å². The first-order valence-corrected chi connectivity index (χ1v) is 13.3. The van der Waals surface area contributed by atoms with E-state index < -0.39 is 50.9 Å². The van der Waals surface area contributed by atoms with Gasteiger partial charge in [-0.05, 0) is 19.1 Å². The third-order valence-electron chi connectivity index (χ3n) is 5.80. The lowest BCUT2D eigenvalue weighted by molar-refractivity contribution is -0.142. The quantitative estimate of drug-likeness (QED) is 0.130. The number of nitrogen functional groups attached to an aromatic ring is 1. The Morgan fingerprint density at radius 3 is 2.66 bits per heavy atom. The van der Waals surface area contributed by atoms with E-state index in [1.54, 1.807) is 30.3 Å². The second-order valence-corrected chi connectivity index (χ2v) is 10.5. The molecule has 3 aromatic rings. The Balaban J connectivity index is 1.57. The zero-order valence-corrected chi connectivity index (χ0v) is 22.0. The van der Waals surface area contributed by atoms with Crippen molar-refractivity contribution >= 4 is 47.8 Å². The first-order chi connectivity index (χ1) is 18.0. The van der Waals surface area contributed by atoms with Crippen LogP contribution in [0.5, 0.6) is 5.75 Å². The average molecular weight is 567 g/mol. The highest BCUT2D eigenvalue weighted by Crippen LogP contribution is 2.46. The van der Waals surface area contributed by atoms with Gasteiger partial charge in [0, 0.05) is 11.8 Å². The van der Waals surface area contributed by atoms with Crippen molar-refractivity contribution in [1.82, 2.24) is 19.6 Å². The fraction of sp³-hybridized carbons (Fsp3) is 0.364. The number of esters is 1. The summed E-state index contributed by atoms with van der Waals surface area (Å²) in [5.74, 6) is -0.380. The van der Waals surface area contributed by atoms with Gasteiger partial charge in [0.15, 0.2) is 6.23 Å². The summed E-state index contributed by atoms with van der Waals surface area (Å²) >= 11 is 5.11. The molecule has 0 bridgehead atoms. The number of thiocarbonyl (C=S) groups is 1. The van der Waals surface area contributed by atoms with Gasteiger partial charge in [-0.2, -0.15) is 5.09 Å². The Morgan fingerprint density at radius 1 is 1.29 bits per heavy atom. The fourth-order valence-corrected chi connectivity index (χ4v) is 5.59. The van der Waals surface area contributed by atoms with E-state index in [-0.39, 0.29) is 22.2 Å². The number of ether oxygens (including phenoxy) is 2. The number of aliphatic hydroxyl groups is 2. The van der Waals surface area contributed by atoms with E-state index in [0.717, 1.165) is 0 Å². The molecule has 0 radical (unpaired) electrons. The second-order valence-electron chi connectivity index (χ2n) is 8.39. The van der Waals surface area contributed by atoms with E-state index in [9.17, 15) is 19.6 Å². The van der Waals surface area contributed by atoms with Crippen molar-refractivity contribution in [3.8, 4) is 5.75 Å². The lowest BCUT2D eigenvalue weighted by Gasteiger charge is -2.24. The van der Waals surface area contributed by atoms with Crippen LogP contribution in [0.4, 0.5) is 5.82 Å². The van der Waals surface area contributed by atoms with Crippen molar-refractivity contribution in [2.75, 3.05) is 19.5 Å². The third kappa shape index (κ3) is 5.63. The predicted molar refractivity (Wildman–Crippen MR) is 139 cm³/mol. The first-order valence-electron chi connectivity index (χ1n) is 11.3. The number of para-hydroxylation sites is 1. The summed E-state index contributed by atoms with van der Waals surface area (Å²) in [5, 5.41) is 24.4. The van der Waals surface area contributed by atoms with E-state index >= 15 is 0 Å². The summed E-state index contributed by atoms with van der Waals surface area (Å²) in [6.07, 6.45) is -2.52. The number of anilines is 1. The van der Waals surface area contributed by atoms with Crippen LogP contribution in [0.3, 0.4) is 0 Å². The minimum atomic E-state index is -4.21. The highest BCUT2D eigenvalue weighted by atomic mass is 32.1. The maximum absolute atomic E-state index is 13.6. The molecule has 0 saturated carbocycles. The van der Waals surface area contributed by atoms with Crippen molar-refractivity contribution in [3.63, 3.8) is 0 Å². The molecule has 4 rings (SSSR count). The van der Waals surface area contributed by atoms with Gasteiger partial charge in [-0.1, -0.05) is 30.4 Å². The Hall–Kier alpha value is -3.17. The molecule has 3 heterocycles. The van der Waals surface area contributed by atoms with Gasteiger partial charge in [-0.15, -0.1) is 0 Å². The maximum atomic E-state index is 13.6. The topological polar surface area (TPSA) is 206 Å². The zero-order valence-electron chi connectivity index (χ0n) is 20.3. The monoisotopic (exact) mass is 566 g/mol. The number of methoxy groups -OCH3 is 1. The summed E-state index contributed by atoms with van der Waals surface area (Å²) in [4.78, 5) is 20.1. The number of nitrogens with zero attached hydrogens (tertiary/aromatic N) is 3. The molecular weight excluding hydrogens is 539 g/mol. The Kier molecular flexibility index (Phi) is 8.28. The minimum Gasteiger partial charge on any atom is -0.468 e. The Bertz CT molecular complexity index is 1370. The number of aromatic nitrogens is 3. The smallest absolute Gasteiger partial charge is 0.459 e. The van der Waals surface area contributed by atoms with Gasteiger partial charge in [0.25, 0.3) is 0 Å². The van der Waals surface area contributed by atoms with E-state index in [4.69, 9.17) is 37.5 Å². The number of hydrogen-bond donors (Lipinski definition) is 5. The lowest BCUT2D eigenvalue weighted by atomic mass is 10.1. The number of benzene rings is 1. The van der Waals surface area contributed by atoms with Crippen molar-refractivity contribution in [1.29, 1.82) is 0 Å². The van der Waals surface area contributed by atoms with E-state index in [1.807, 2.05) is 0 Å². The van der Waals surface area contributed by atoms with Gasteiger partial charge in [-0.3, -0.25) is 9.32 Å². The number of nitrogens with two attached hydrogens (primary N) is 2. The molecule has 1 unspecified atom stereocenters. The van der Waals surface area contributed by atoms with Crippen molar-refractivity contribution in [2.45, 2.75) is 37.5 Å². The van der Waals surface area contributed by atoms with Crippen LogP contribution in [-0.2, 0) is 23.4 Å². The standard InChI is InChI=1S/C22H27N6O8PS/c1-11(22(31)33-2)27-37(32,36-12-6-4-3-5-7-12)34-9-14-16(29)17(30)21(35-14)28-8-13(19(24)38)15-18(23)25-10-26-20(15)28/h3-8,10-11,14,16-17,21,29-30H,9H2,1-2H3,(H2,24,38)(H,27,32)(H2,23,25,26)/t11-,14+,16+,17+,21+,37?/m0/s1. The number of nitrogens with one attached hydrogen (secondary N) is 1. The average Bonchev–Trinajstić information content (AvgIpc) is 3.41. The molecule has 1 fully saturated rings. The highest BCUT2D eigenvalue weighted by Gasteiger charge is 2.46. The van der Waals surface area contributed by atoms with Crippen LogP contribution in [0.2, 0.25) is 0 Å². The van der Waals surface area contributed by atoms with Gasteiger partial charge >= 0.3 is 13.7 Å². The van der Waals surface area contributed by atoms with Gasteiger partial charge in [0.1, 0.15) is 52.9 Å². The van der Waals surface area contributed by atoms with Gasteiger partial charge < -0.3 is 40.2 Å². The van der Waals surface area contributed by atoms with Crippen LogP contribution in [0.15, 0.2) is 42.9 Å². The maximum Gasteiger partial charge on any atom is 0.459 e. The zero-order chi connectivity index (χ0) is 27.6. The lowest BCUT2D eigenvalue weighted by Crippen LogP contribution is -2.37. The van der Waals surface area contributed by atoms with E-state index in [0.29, 0.717) is 10.9 Å². The molecule has 6 atom stereocenters. The first kappa shape index (κ1) is 27.9. The van der Waals surface area contributed by atoms with Crippen LogP contribution >= 0.6 is 20.0 Å². The molecule has 0 aliphatic carbocycles. The van der Waals surface area contributed by atoms with E-state index in [2.05, 4.69) is 19.8 Å². The van der Waals surface area contributed by atoms with Crippen molar-refractivity contribution in [2.24, 2.45) is 5.73 Å². The molecule has 38 heavy (non-hydrogen) atoms. The van der Waals surface area contributed by atoms with Gasteiger partial charge in [0.2, 0.25) is 0 Å². The normalized spacial score (nSPS) is 23.6. The summed E-state index contributed by atoms with van der Waals surface area (Å²) in [6, 6.07) is 7.09. The molecule has 16 heteroatoms. The number of carbonyl (C=O) groups is 1. The summed E-state index contributed by atoms with van der Waals surface area (Å²) < 4.78 is 36.7. The summed E-state index contributed by atoms with van der Waals surface area (Å²) in [5.41, 5.74) is 12.4. The molecule has 1 aliphatic heterocycles. The second kappa shape index (κ2) is 11.3. The Morgan fingerprint density at radius 2 is 2.00 bits per heavy atom.